The average molecular weight is 269 g/mol. The Morgan fingerprint density at radius 3 is 2.39 bits per heavy atom. The van der Waals surface area contributed by atoms with Crippen LogP contribution in [0.5, 0.6) is 0 Å². The molecule has 1 heterocycles. The van der Waals surface area contributed by atoms with Crippen LogP contribution in [0, 0.1) is 18.6 Å². The van der Waals surface area contributed by atoms with Crippen LogP contribution in [0.25, 0.3) is 0 Å². The van der Waals surface area contributed by atoms with Crippen molar-refractivity contribution in [1.29, 1.82) is 0 Å². The molecule has 0 spiro atoms. The fraction of sp³-hybridized carbons (Fsp3) is 0.308. The average Bonchev–Trinajstić information content (AvgIpc) is 2.57. The Balaban J connectivity index is 2.26. The Morgan fingerprint density at radius 2 is 1.89 bits per heavy atom. The fourth-order valence-corrected chi connectivity index (χ4v) is 2.86. The van der Waals surface area contributed by atoms with E-state index in [9.17, 15) is 13.9 Å². The summed E-state index contributed by atoms with van der Waals surface area (Å²) in [5.41, 5.74) is 1.31. The zero-order valence-electron chi connectivity index (χ0n) is 10.1. The number of hydrogen-bond donors (Lipinski definition) is 1. The Morgan fingerprint density at radius 1 is 1.28 bits per heavy atom. The van der Waals surface area contributed by atoms with E-state index in [1.54, 1.807) is 6.92 Å². The van der Waals surface area contributed by atoms with Crippen LogP contribution in [0.15, 0.2) is 18.2 Å². The Bertz CT molecular complexity index is 546. The maximum absolute atomic E-state index is 13.0. The molecule has 18 heavy (non-hydrogen) atoms. The summed E-state index contributed by atoms with van der Waals surface area (Å²) in [5.74, 6) is -1.18. The number of benzene rings is 1. The zero-order chi connectivity index (χ0) is 13.3. The van der Waals surface area contributed by atoms with Gasteiger partial charge in [0, 0.05) is 12.5 Å². The molecule has 1 aromatic carbocycles. The maximum atomic E-state index is 13.0. The van der Waals surface area contributed by atoms with E-state index in [4.69, 9.17) is 0 Å². The Labute approximate surface area is 108 Å². The van der Waals surface area contributed by atoms with Crippen molar-refractivity contribution >= 4 is 11.3 Å². The molecule has 1 aromatic heterocycles. The summed E-state index contributed by atoms with van der Waals surface area (Å²) in [6.45, 7) is 3.49. The first-order valence-corrected chi connectivity index (χ1v) is 6.36. The fourth-order valence-electron chi connectivity index (χ4n) is 1.82. The molecule has 0 aliphatic rings. The van der Waals surface area contributed by atoms with Crippen molar-refractivity contribution in [3.63, 3.8) is 0 Å². The lowest BCUT2D eigenvalue weighted by Gasteiger charge is -2.00. The first-order valence-electron chi connectivity index (χ1n) is 5.55. The van der Waals surface area contributed by atoms with Crippen LogP contribution in [0.2, 0.25) is 0 Å². The summed E-state index contributed by atoms with van der Waals surface area (Å²) in [5, 5.41) is 10.3. The van der Waals surface area contributed by atoms with Crippen molar-refractivity contribution in [1.82, 2.24) is 4.98 Å². The van der Waals surface area contributed by atoms with E-state index in [0.717, 1.165) is 21.6 Å². The molecular formula is C13H13F2NOS. The van der Waals surface area contributed by atoms with Gasteiger partial charge in [0.2, 0.25) is 0 Å². The number of halogens is 2. The minimum absolute atomic E-state index is 0.368. The van der Waals surface area contributed by atoms with Gasteiger partial charge in [-0.1, -0.05) is 0 Å². The van der Waals surface area contributed by atoms with Crippen molar-refractivity contribution in [3.05, 3.63) is 51.0 Å². The molecule has 0 fully saturated rings. The van der Waals surface area contributed by atoms with Crippen LogP contribution in [-0.4, -0.2) is 10.1 Å². The van der Waals surface area contributed by atoms with Crippen LogP contribution in [0.3, 0.4) is 0 Å². The minimum atomic E-state index is -0.589. The minimum Gasteiger partial charge on any atom is -0.388 e. The Kier molecular flexibility index (Phi) is 3.73. The van der Waals surface area contributed by atoms with Crippen molar-refractivity contribution in [3.8, 4) is 0 Å². The van der Waals surface area contributed by atoms with Gasteiger partial charge >= 0.3 is 0 Å². The van der Waals surface area contributed by atoms with Crippen molar-refractivity contribution in [2.24, 2.45) is 0 Å². The lowest BCUT2D eigenvalue weighted by atomic mass is 10.1. The predicted molar refractivity (Wildman–Crippen MR) is 66.6 cm³/mol. The summed E-state index contributed by atoms with van der Waals surface area (Å²) in [7, 11) is 0. The summed E-state index contributed by atoms with van der Waals surface area (Å²) in [6, 6.07) is 3.43. The van der Waals surface area contributed by atoms with Crippen LogP contribution < -0.4 is 0 Å². The van der Waals surface area contributed by atoms with E-state index in [2.05, 4.69) is 4.98 Å². The third-order valence-corrected chi connectivity index (χ3v) is 3.86. The van der Waals surface area contributed by atoms with Gasteiger partial charge in [-0.2, -0.15) is 0 Å². The lowest BCUT2D eigenvalue weighted by molar-refractivity contribution is 0.202. The first kappa shape index (κ1) is 13.1. The third kappa shape index (κ3) is 2.91. The number of aliphatic hydroxyl groups excluding tert-OH is 1. The molecule has 0 saturated heterocycles. The summed E-state index contributed by atoms with van der Waals surface area (Å²) in [6.07, 6.45) is -0.201. The standard InChI is InChI=1S/C13H13F2NOS/c1-7-13(8(2)17)18-12(16-7)5-9-3-10(14)6-11(15)4-9/h3-4,6,8,17H,5H2,1-2H3. The molecule has 0 bridgehead atoms. The molecule has 0 radical (unpaired) electrons. The van der Waals surface area contributed by atoms with Gasteiger partial charge in [-0.25, -0.2) is 13.8 Å². The van der Waals surface area contributed by atoms with Gasteiger partial charge in [0.05, 0.1) is 21.7 Å². The number of thiazole rings is 1. The number of rotatable bonds is 3. The van der Waals surface area contributed by atoms with E-state index in [1.807, 2.05) is 6.92 Å². The van der Waals surface area contributed by atoms with E-state index in [1.165, 1.54) is 23.5 Å². The van der Waals surface area contributed by atoms with Crippen molar-refractivity contribution in [2.75, 3.05) is 0 Å². The number of aliphatic hydroxyl groups is 1. The molecule has 5 heteroatoms. The van der Waals surface area contributed by atoms with Gasteiger partial charge in [-0.15, -0.1) is 11.3 Å². The highest BCUT2D eigenvalue weighted by Crippen LogP contribution is 2.26. The molecule has 2 rings (SSSR count). The highest BCUT2D eigenvalue weighted by atomic mass is 32.1. The highest BCUT2D eigenvalue weighted by Gasteiger charge is 2.12. The SMILES string of the molecule is Cc1nc(Cc2cc(F)cc(F)c2)sc1C(C)O. The molecular weight excluding hydrogens is 256 g/mol. The lowest BCUT2D eigenvalue weighted by Crippen LogP contribution is -1.91. The largest absolute Gasteiger partial charge is 0.388 e. The smallest absolute Gasteiger partial charge is 0.126 e. The molecule has 2 nitrogen and oxygen atoms in total. The normalized spacial score (nSPS) is 12.7. The van der Waals surface area contributed by atoms with Gasteiger partial charge in [0.15, 0.2) is 0 Å². The second-order valence-electron chi connectivity index (χ2n) is 4.19. The van der Waals surface area contributed by atoms with Gasteiger partial charge < -0.3 is 5.11 Å². The van der Waals surface area contributed by atoms with E-state index in [0.29, 0.717) is 12.0 Å². The second-order valence-corrected chi connectivity index (χ2v) is 5.30. The monoisotopic (exact) mass is 269 g/mol. The van der Waals surface area contributed by atoms with Gasteiger partial charge in [0.1, 0.15) is 11.6 Å². The number of aromatic nitrogens is 1. The van der Waals surface area contributed by atoms with Gasteiger partial charge in [0.25, 0.3) is 0 Å². The maximum Gasteiger partial charge on any atom is 0.126 e. The summed E-state index contributed by atoms with van der Waals surface area (Å²) < 4.78 is 26.1. The van der Waals surface area contributed by atoms with E-state index < -0.39 is 17.7 Å². The quantitative estimate of drug-likeness (QED) is 0.926. The second kappa shape index (κ2) is 5.12. The number of nitrogens with zero attached hydrogens (tertiary/aromatic N) is 1. The van der Waals surface area contributed by atoms with Crippen LogP contribution in [-0.2, 0) is 6.42 Å². The molecule has 2 aromatic rings. The van der Waals surface area contributed by atoms with E-state index >= 15 is 0 Å². The van der Waals surface area contributed by atoms with E-state index in [-0.39, 0.29) is 0 Å². The summed E-state index contributed by atoms with van der Waals surface area (Å²) in [4.78, 5) is 5.09. The Hall–Kier alpha value is -1.33. The third-order valence-electron chi connectivity index (χ3n) is 2.53. The van der Waals surface area contributed by atoms with Gasteiger partial charge in [-0.05, 0) is 31.5 Å². The molecule has 0 aliphatic carbocycles. The first-order chi connectivity index (χ1) is 8.45. The number of hydrogen-bond acceptors (Lipinski definition) is 3. The van der Waals surface area contributed by atoms with Gasteiger partial charge in [-0.3, -0.25) is 0 Å². The zero-order valence-corrected chi connectivity index (χ0v) is 10.9. The predicted octanol–water partition coefficient (Wildman–Crippen LogP) is 3.37. The molecule has 0 aliphatic heterocycles. The molecule has 96 valence electrons. The molecule has 1 N–H and O–H groups in total. The van der Waals surface area contributed by atoms with Crippen molar-refractivity contribution < 1.29 is 13.9 Å². The molecule has 1 unspecified atom stereocenters. The summed E-state index contributed by atoms with van der Waals surface area (Å²) >= 11 is 1.37. The van der Waals surface area contributed by atoms with Crippen LogP contribution in [0.4, 0.5) is 8.78 Å². The van der Waals surface area contributed by atoms with Crippen LogP contribution in [0.1, 0.15) is 34.2 Å². The van der Waals surface area contributed by atoms with Crippen molar-refractivity contribution in [2.45, 2.75) is 26.4 Å². The molecule has 1 atom stereocenters. The highest BCUT2D eigenvalue weighted by molar-refractivity contribution is 7.11. The van der Waals surface area contributed by atoms with Crippen LogP contribution >= 0.6 is 11.3 Å². The number of aryl methyl sites for hydroxylation is 1. The topological polar surface area (TPSA) is 33.1 Å². The molecule has 0 amide bonds. The molecule has 0 saturated carbocycles.